The van der Waals surface area contributed by atoms with E-state index in [4.69, 9.17) is 0 Å². The normalized spacial score (nSPS) is 18.4. The molecule has 23 heavy (non-hydrogen) atoms. The van der Waals surface area contributed by atoms with Crippen LogP contribution in [0.2, 0.25) is 0 Å². The first-order valence-electron chi connectivity index (χ1n) is 8.18. The van der Waals surface area contributed by atoms with Crippen molar-refractivity contribution in [3.63, 3.8) is 0 Å². The number of carbonyl (C=O) groups is 1. The van der Waals surface area contributed by atoms with Crippen LogP contribution in [0.15, 0.2) is 30.3 Å². The molecule has 0 aliphatic heterocycles. The zero-order valence-electron chi connectivity index (χ0n) is 13.9. The van der Waals surface area contributed by atoms with Gasteiger partial charge < -0.3 is 5.32 Å². The van der Waals surface area contributed by atoms with Crippen LogP contribution in [0.1, 0.15) is 50.1 Å². The highest BCUT2D eigenvalue weighted by Crippen LogP contribution is 2.24. The summed E-state index contributed by atoms with van der Waals surface area (Å²) in [5.41, 5.74) is 0.687. The van der Waals surface area contributed by atoms with Crippen LogP contribution >= 0.6 is 0 Å². The molecule has 0 bridgehead atoms. The predicted molar refractivity (Wildman–Crippen MR) is 91.4 cm³/mol. The minimum atomic E-state index is -3.47. The van der Waals surface area contributed by atoms with Gasteiger partial charge in [0.05, 0.1) is 6.26 Å². The van der Waals surface area contributed by atoms with Crippen LogP contribution in [0.25, 0.3) is 0 Å². The van der Waals surface area contributed by atoms with Gasteiger partial charge in [0.15, 0.2) is 0 Å². The summed E-state index contributed by atoms with van der Waals surface area (Å²) in [4.78, 5) is 12.8. The van der Waals surface area contributed by atoms with Crippen molar-refractivity contribution >= 4 is 15.9 Å². The molecule has 1 N–H and O–H groups in total. The van der Waals surface area contributed by atoms with Crippen molar-refractivity contribution in [2.45, 2.75) is 50.6 Å². The molecule has 1 aromatic rings. The Hall–Kier alpha value is -1.40. The third-order valence-corrected chi connectivity index (χ3v) is 5.71. The Labute approximate surface area is 139 Å². The molecule has 1 fully saturated rings. The maximum atomic E-state index is 12.8. The van der Waals surface area contributed by atoms with E-state index in [-0.39, 0.29) is 11.9 Å². The van der Waals surface area contributed by atoms with E-state index in [2.05, 4.69) is 5.32 Å². The molecule has 1 amide bonds. The average molecular weight is 338 g/mol. The first kappa shape index (κ1) is 17.9. The molecule has 1 aromatic carbocycles. The van der Waals surface area contributed by atoms with E-state index in [1.54, 1.807) is 12.1 Å². The van der Waals surface area contributed by atoms with Gasteiger partial charge in [-0.2, -0.15) is 4.31 Å². The van der Waals surface area contributed by atoms with E-state index in [1.807, 2.05) is 18.2 Å². The fraction of sp³-hybridized carbons (Fsp3) is 0.588. The molecule has 0 spiro atoms. The summed E-state index contributed by atoms with van der Waals surface area (Å²) in [7, 11) is -2.01. The fourth-order valence-corrected chi connectivity index (χ4v) is 3.66. The predicted octanol–water partition coefficient (Wildman–Crippen LogP) is 2.46. The molecular weight excluding hydrogens is 312 g/mol. The lowest BCUT2D eigenvalue weighted by Crippen LogP contribution is -2.44. The lowest BCUT2D eigenvalue weighted by Gasteiger charge is -2.27. The quantitative estimate of drug-likeness (QED) is 0.839. The van der Waals surface area contributed by atoms with Gasteiger partial charge in [0.2, 0.25) is 15.9 Å². The molecule has 6 heteroatoms. The Morgan fingerprint density at radius 3 is 2.22 bits per heavy atom. The van der Waals surface area contributed by atoms with E-state index >= 15 is 0 Å². The molecule has 0 heterocycles. The standard InChI is InChI=1S/C17H26N2O3S/c1-19(23(2,21)22)16(14-10-6-5-7-11-14)17(20)18-15-12-8-3-4-9-13-15/h5-7,10-11,15-16H,3-4,8-9,12-13H2,1-2H3,(H,18,20). The van der Waals surface area contributed by atoms with Crippen molar-refractivity contribution in [2.75, 3.05) is 13.3 Å². The summed E-state index contributed by atoms with van der Waals surface area (Å²) in [6.07, 6.45) is 7.70. The molecule has 0 aromatic heterocycles. The van der Waals surface area contributed by atoms with Gasteiger partial charge in [-0.3, -0.25) is 4.79 Å². The van der Waals surface area contributed by atoms with E-state index in [9.17, 15) is 13.2 Å². The average Bonchev–Trinajstić information content (AvgIpc) is 2.76. The maximum Gasteiger partial charge on any atom is 0.243 e. The van der Waals surface area contributed by atoms with Crippen LogP contribution in [0.4, 0.5) is 0 Å². The zero-order valence-corrected chi connectivity index (χ0v) is 14.7. The van der Waals surface area contributed by atoms with Gasteiger partial charge in [0, 0.05) is 13.1 Å². The van der Waals surface area contributed by atoms with Crippen LogP contribution in [-0.4, -0.2) is 38.0 Å². The first-order valence-corrected chi connectivity index (χ1v) is 10.0. The Morgan fingerprint density at radius 1 is 1.13 bits per heavy atom. The second-order valence-electron chi connectivity index (χ2n) is 6.29. The van der Waals surface area contributed by atoms with E-state index in [0.29, 0.717) is 5.56 Å². The lowest BCUT2D eigenvalue weighted by atomic mass is 10.0. The highest BCUT2D eigenvalue weighted by molar-refractivity contribution is 7.88. The van der Waals surface area contributed by atoms with Gasteiger partial charge in [-0.1, -0.05) is 56.0 Å². The van der Waals surface area contributed by atoms with Gasteiger partial charge in [0.1, 0.15) is 6.04 Å². The number of sulfonamides is 1. The van der Waals surface area contributed by atoms with Crippen LogP contribution in [0, 0.1) is 0 Å². The second kappa shape index (κ2) is 7.93. The number of nitrogens with zero attached hydrogens (tertiary/aromatic N) is 1. The SMILES string of the molecule is CN(C(C(=O)NC1CCCCCC1)c1ccccc1)S(C)(=O)=O. The van der Waals surface area contributed by atoms with Gasteiger partial charge in [0.25, 0.3) is 0 Å². The highest BCUT2D eigenvalue weighted by Gasteiger charge is 2.31. The van der Waals surface area contributed by atoms with Crippen molar-refractivity contribution < 1.29 is 13.2 Å². The topological polar surface area (TPSA) is 66.5 Å². The number of nitrogens with one attached hydrogen (secondary N) is 1. The molecule has 1 aliphatic carbocycles. The first-order chi connectivity index (χ1) is 10.9. The highest BCUT2D eigenvalue weighted by atomic mass is 32.2. The molecule has 128 valence electrons. The number of rotatable bonds is 5. The Kier molecular flexibility index (Phi) is 6.18. The minimum absolute atomic E-state index is 0.143. The van der Waals surface area contributed by atoms with Crippen LogP contribution in [0.3, 0.4) is 0 Å². The molecule has 5 nitrogen and oxygen atoms in total. The zero-order chi connectivity index (χ0) is 16.9. The van der Waals surface area contributed by atoms with Crippen molar-refractivity contribution in [1.29, 1.82) is 0 Å². The number of carbonyl (C=O) groups excluding carboxylic acids is 1. The number of hydrogen-bond acceptors (Lipinski definition) is 3. The summed E-state index contributed by atoms with van der Waals surface area (Å²) in [5, 5.41) is 3.07. The summed E-state index contributed by atoms with van der Waals surface area (Å²) in [6.45, 7) is 0. The largest absolute Gasteiger partial charge is 0.352 e. The van der Waals surface area contributed by atoms with Gasteiger partial charge >= 0.3 is 0 Å². The third kappa shape index (κ3) is 5.04. The number of amides is 1. The summed E-state index contributed by atoms with van der Waals surface area (Å²) < 4.78 is 25.0. The maximum absolute atomic E-state index is 12.8. The van der Waals surface area contributed by atoms with E-state index in [0.717, 1.165) is 36.2 Å². The van der Waals surface area contributed by atoms with Crippen molar-refractivity contribution in [1.82, 2.24) is 9.62 Å². The van der Waals surface area contributed by atoms with E-state index in [1.165, 1.54) is 19.9 Å². The second-order valence-corrected chi connectivity index (χ2v) is 8.33. The lowest BCUT2D eigenvalue weighted by molar-refractivity contribution is -0.125. The molecular formula is C17H26N2O3S. The molecule has 1 saturated carbocycles. The molecule has 1 aliphatic rings. The molecule has 0 saturated heterocycles. The van der Waals surface area contributed by atoms with Gasteiger partial charge in [-0.05, 0) is 18.4 Å². The molecule has 1 atom stereocenters. The Morgan fingerprint density at radius 2 is 1.70 bits per heavy atom. The number of benzene rings is 1. The third-order valence-electron chi connectivity index (χ3n) is 4.45. The minimum Gasteiger partial charge on any atom is -0.352 e. The van der Waals surface area contributed by atoms with Crippen LogP contribution in [0.5, 0.6) is 0 Å². The van der Waals surface area contributed by atoms with Gasteiger partial charge in [-0.15, -0.1) is 0 Å². The smallest absolute Gasteiger partial charge is 0.243 e. The van der Waals surface area contributed by atoms with Crippen LogP contribution in [-0.2, 0) is 14.8 Å². The monoisotopic (exact) mass is 338 g/mol. The van der Waals surface area contributed by atoms with Crippen molar-refractivity contribution in [2.24, 2.45) is 0 Å². The van der Waals surface area contributed by atoms with E-state index < -0.39 is 16.1 Å². The number of hydrogen-bond donors (Lipinski definition) is 1. The summed E-state index contributed by atoms with van der Waals surface area (Å²) in [6, 6.07) is 8.38. The molecule has 2 rings (SSSR count). The van der Waals surface area contributed by atoms with Crippen molar-refractivity contribution in [3.05, 3.63) is 35.9 Å². The molecule has 0 radical (unpaired) electrons. The summed E-state index contributed by atoms with van der Waals surface area (Å²) >= 11 is 0. The Bertz CT molecular complexity index is 608. The number of likely N-dealkylation sites (N-methyl/N-ethyl adjacent to an activating group) is 1. The van der Waals surface area contributed by atoms with Crippen LogP contribution < -0.4 is 5.32 Å². The van der Waals surface area contributed by atoms with Crippen molar-refractivity contribution in [3.8, 4) is 0 Å². The van der Waals surface area contributed by atoms with Gasteiger partial charge in [-0.25, -0.2) is 8.42 Å². The fourth-order valence-electron chi connectivity index (χ4n) is 3.06. The summed E-state index contributed by atoms with van der Waals surface area (Å²) in [5.74, 6) is -0.240. The molecule has 1 unspecified atom stereocenters. The Balaban J connectivity index is 2.20.